The van der Waals surface area contributed by atoms with E-state index >= 15 is 0 Å². The van der Waals surface area contributed by atoms with E-state index in [9.17, 15) is 4.79 Å². The Morgan fingerprint density at radius 2 is 1.71 bits per heavy atom. The van der Waals surface area contributed by atoms with E-state index in [1.807, 2.05) is 0 Å². The average Bonchev–Trinajstić information content (AvgIpc) is 2.30. The molecule has 0 atom stereocenters. The summed E-state index contributed by atoms with van der Waals surface area (Å²) in [5, 5.41) is 7.46. The predicted octanol–water partition coefficient (Wildman–Crippen LogP) is 2.04. The molecule has 0 fully saturated rings. The normalized spacial score (nSPS) is 10.6. The second-order valence-corrected chi connectivity index (χ2v) is 4.36. The number of nitrogens with two attached hydrogens (primary N) is 1. The number of anilines is 1. The highest BCUT2D eigenvalue weighted by Gasteiger charge is 2.02. The molecule has 0 aliphatic heterocycles. The zero-order chi connectivity index (χ0) is 12.5. The molecular weight excluding hydrogens is 216 g/mol. The molecule has 0 saturated heterocycles. The fourth-order valence-corrected chi connectivity index (χ4v) is 1.79. The van der Waals surface area contributed by atoms with Crippen LogP contribution in [0.2, 0.25) is 0 Å². The van der Waals surface area contributed by atoms with E-state index in [0.717, 1.165) is 12.8 Å². The minimum absolute atomic E-state index is 0.0818. The van der Waals surface area contributed by atoms with Crippen LogP contribution in [0.5, 0.6) is 0 Å². The first-order valence-corrected chi connectivity index (χ1v) is 6.45. The zero-order valence-electron chi connectivity index (χ0n) is 10.5. The smallest absolute Gasteiger partial charge is 0.274 e. The van der Waals surface area contributed by atoms with Gasteiger partial charge in [-0.15, -0.1) is 10.2 Å². The van der Waals surface area contributed by atoms with Crippen LogP contribution < -0.4 is 11.3 Å². The van der Waals surface area contributed by atoms with Crippen molar-refractivity contribution in [1.82, 2.24) is 15.2 Å². The minimum Gasteiger partial charge on any atom is -0.368 e. The van der Waals surface area contributed by atoms with Gasteiger partial charge in [0.1, 0.15) is 5.69 Å². The zero-order valence-corrected chi connectivity index (χ0v) is 10.5. The summed E-state index contributed by atoms with van der Waals surface area (Å²) in [7, 11) is 0. The molecule has 17 heavy (non-hydrogen) atoms. The van der Waals surface area contributed by atoms with Crippen LogP contribution in [0.3, 0.4) is 0 Å². The number of hydrogen-bond donors (Lipinski definition) is 2. The number of aromatic amines is 1. The van der Waals surface area contributed by atoms with Gasteiger partial charge in [0.15, 0.2) is 0 Å². The van der Waals surface area contributed by atoms with Crippen LogP contribution in [0.1, 0.15) is 57.6 Å². The number of rotatable bonds is 8. The van der Waals surface area contributed by atoms with Crippen LogP contribution in [0.25, 0.3) is 0 Å². The Kier molecular flexibility index (Phi) is 6.29. The van der Waals surface area contributed by atoms with Gasteiger partial charge in [-0.05, 0) is 12.8 Å². The number of unbranched alkanes of at least 4 members (excludes halogenated alkanes) is 6. The fraction of sp³-hybridized carbons (Fsp3) is 0.750. The van der Waals surface area contributed by atoms with Crippen molar-refractivity contribution >= 4 is 5.95 Å². The summed E-state index contributed by atoms with van der Waals surface area (Å²) in [6, 6.07) is 0. The minimum atomic E-state index is -0.205. The monoisotopic (exact) mass is 238 g/mol. The van der Waals surface area contributed by atoms with Crippen molar-refractivity contribution in [2.24, 2.45) is 0 Å². The van der Waals surface area contributed by atoms with E-state index < -0.39 is 0 Å². The van der Waals surface area contributed by atoms with Gasteiger partial charge in [0, 0.05) is 0 Å². The first kappa shape index (κ1) is 13.7. The molecule has 0 amide bonds. The number of aromatic nitrogens is 3. The fourth-order valence-electron chi connectivity index (χ4n) is 1.79. The first-order chi connectivity index (χ1) is 8.24. The summed E-state index contributed by atoms with van der Waals surface area (Å²) in [6.07, 6.45) is 9.27. The van der Waals surface area contributed by atoms with Crippen molar-refractivity contribution < 1.29 is 0 Å². The van der Waals surface area contributed by atoms with Gasteiger partial charge >= 0.3 is 0 Å². The topological polar surface area (TPSA) is 84.7 Å². The van der Waals surface area contributed by atoms with Gasteiger partial charge in [-0.2, -0.15) is 0 Å². The third-order valence-electron chi connectivity index (χ3n) is 2.80. The third kappa shape index (κ3) is 5.47. The Morgan fingerprint density at radius 3 is 2.35 bits per heavy atom. The van der Waals surface area contributed by atoms with Crippen molar-refractivity contribution in [1.29, 1.82) is 0 Å². The molecule has 0 spiro atoms. The quantitative estimate of drug-likeness (QED) is 0.679. The lowest BCUT2D eigenvalue weighted by atomic mass is 10.1. The molecule has 1 heterocycles. The van der Waals surface area contributed by atoms with Gasteiger partial charge < -0.3 is 5.73 Å². The number of hydrogen-bond acceptors (Lipinski definition) is 4. The van der Waals surface area contributed by atoms with Gasteiger partial charge in [-0.25, -0.2) is 0 Å². The molecular formula is C12H22N4O. The van der Waals surface area contributed by atoms with E-state index in [2.05, 4.69) is 22.1 Å². The molecule has 0 radical (unpaired) electrons. The van der Waals surface area contributed by atoms with Crippen LogP contribution in [-0.4, -0.2) is 15.2 Å². The van der Waals surface area contributed by atoms with Crippen molar-refractivity contribution in [3.05, 3.63) is 16.0 Å². The van der Waals surface area contributed by atoms with Crippen molar-refractivity contribution in [3.8, 4) is 0 Å². The lowest BCUT2D eigenvalue weighted by molar-refractivity contribution is 0.584. The highest BCUT2D eigenvalue weighted by molar-refractivity contribution is 5.11. The van der Waals surface area contributed by atoms with Crippen LogP contribution in [0.4, 0.5) is 5.95 Å². The molecule has 5 heteroatoms. The lowest BCUT2D eigenvalue weighted by Gasteiger charge is -2.00. The molecule has 0 bridgehead atoms. The molecule has 96 valence electrons. The molecule has 5 nitrogen and oxygen atoms in total. The molecule has 1 aromatic rings. The Hall–Kier alpha value is -1.39. The third-order valence-corrected chi connectivity index (χ3v) is 2.80. The Morgan fingerprint density at radius 1 is 1.06 bits per heavy atom. The van der Waals surface area contributed by atoms with Crippen LogP contribution in [-0.2, 0) is 6.42 Å². The maximum absolute atomic E-state index is 11.4. The van der Waals surface area contributed by atoms with E-state index in [0.29, 0.717) is 12.1 Å². The van der Waals surface area contributed by atoms with E-state index in [1.54, 1.807) is 0 Å². The van der Waals surface area contributed by atoms with Crippen LogP contribution >= 0.6 is 0 Å². The van der Waals surface area contributed by atoms with Crippen LogP contribution in [0, 0.1) is 0 Å². The molecule has 0 aliphatic rings. The van der Waals surface area contributed by atoms with Gasteiger partial charge in [-0.1, -0.05) is 45.4 Å². The summed E-state index contributed by atoms with van der Waals surface area (Å²) < 4.78 is 0. The van der Waals surface area contributed by atoms with Gasteiger partial charge in [-0.3, -0.25) is 9.78 Å². The maximum atomic E-state index is 11.4. The Bertz CT molecular complexity index is 375. The lowest BCUT2D eigenvalue weighted by Crippen LogP contribution is -2.18. The highest BCUT2D eigenvalue weighted by atomic mass is 16.1. The molecule has 0 aliphatic carbocycles. The first-order valence-electron chi connectivity index (χ1n) is 6.45. The maximum Gasteiger partial charge on any atom is 0.274 e. The molecule has 0 saturated carbocycles. The number of aryl methyl sites for hydroxylation is 1. The molecule has 1 aromatic heterocycles. The van der Waals surface area contributed by atoms with Gasteiger partial charge in [0.05, 0.1) is 0 Å². The number of H-pyrrole nitrogens is 1. The van der Waals surface area contributed by atoms with Crippen molar-refractivity contribution in [3.63, 3.8) is 0 Å². The standard InChI is InChI=1S/C12H22N4O/c1-2-3-4-5-6-7-8-9-10-11(17)14-12(13)16-15-10/h2-9H2,1H3,(H3,13,14,16,17). The SMILES string of the molecule is CCCCCCCCCc1nnc(N)[nH]c1=O. The molecule has 3 N–H and O–H groups in total. The van der Waals surface area contributed by atoms with Crippen LogP contribution in [0.15, 0.2) is 4.79 Å². The summed E-state index contributed by atoms with van der Waals surface area (Å²) in [5.41, 5.74) is 5.61. The summed E-state index contributed by atoms with van der Waals surface area (Å²) in [4.78, 5) is 13.9. The van der Waals surface area contributed by atoms with Crippen molar-refractivity contribution in [2.45, 2.75) is 58.3 Å². The van der Waals surface area contributed by atoms with Gasteiger partial charge in [0.25, 0.3) is 5.56 Å². The summed E-state index contributed by atoms with van der Waals surface area (Å²) in [5.74, 6) is 0.0818. The van der Waals surface area contributed by atoms with Crippen molar-refractivity contribution in [2.75, 3.05) is 5.73 Å². The summed E-state index contributed by atoms with van der Waals surface area (Å²) in [6.45, 7) is 2.21. The predicted molar refractivity (Wildman–Crippen MR) is 68.8 cm³/mol. The second-order valence-electron chi connectivity index (χ2n) is 4.36. The van der Waals surface area contributed by atoms with E-state index in [1.165, 1.54) is 32.1 Å². The second kappa shape index (κ2) is 7.81. The van der Waals surface area contributed by atoms with Gasteiger partial charge in [0.2, 0.25) is 5.95 Å². The largest absolute Gasteiger partial charge is 0.368 e. The Balaban J connectivity index is 2.16. The number of nitrogen functional groups attached to an aromatic ring is 1. The van der Waals surface area contributed by atoms with E-state index in [4.69, 9.17) is 5.73 Å². The average molecular weight is 238 g/mol. The number of nitrogens with one attached hydrogen (secondary N) is 1. The summed E-state index contributed by atoms with van der Waals surface area (Å²) >= 11 is 0. The Labute approximate surface area is 102 Å². The molecule has 0 aromatic carbocycles. The highest BCUT2D eigenvalue weighted by Crippen LogP contribution is 2.08. The number of nitrogens with zero attached hydrogens (tertiary/aromatic N) is 2. The van der Waals surface area contributed by atoms with E-state index in [-0.39, 0.29) is 11.5 Å². The molecule has 0 unspecified atom stereocenters. The molecule has 1 rings (SSSR count).